The molecule has 0 aliphatic carbocycles. The van der Waals surface area contributed by atoms with Crippen LogP contribution in [-0.2, 0) is 16.1 Å². The molecule has 1 atom stereocenters. The van der Waals surface area contributed by atoms with Crippen molar-refractivity contribution in [1.82, 2.24) is 9.80 Å². The number of benzene rings is 2. The Bertz CT molecular complexity index is 984. The Balaban J connectivity index is 0.000000968. The van der Waals surface area contributed by atoms with E-state index in [1.807, 2.05) is 19.1 Å². The molecular weight excluding hydrogens is 418 g/mol. The third-order valence-corrected chi connectivity index (χ3v) is 6.44. The number of ether oxygens (including phenoxy) is 1. The van der Waals surface area contributed by atoms with Gasteiger partial charge in [0.05, 0.1) is 6.61 Å². The third kappa shape index (κ3) is 6.12. The van der Waals surface area contributed by atoms with Crippen LogP contribution in [0, 0.1) is 13.8 Å². The highest BCUT2D eigenvalue weighted by Crippen LogP contribution is 2.41. The number of likely N-dealkylation sites (N-methyl/N-ethyl adjacent to an activating group) is 1. The van der Waals surface area contributed by atoms with Gasteiger partial charge in [-0.3, -0.25) is 14.5 Å². The number of aryl methyl sites for hydroxylation is 1. The quantitative estimate of drug-likeness (QED) is 0.673. The van der Waals surface area contributed by atoms with Gasteiger partial charge in [0.2, 0.25) is 5.91 Å². The Morgan fingerprint density at radius 2 is 1.82 bits per heavy atom. The minimum atomic E-state index is -0.250. The zero-order valence-corrected chi connectivity index (χ0v) is 20.1. The number of anilines is 1. The SMILES string of the molecule is CCOc1ccc2c(c1)NC(=O)CC2c1cc(C)cc(CN2CCN(C)CC2)c1C.O=CO. The summed E-state index contributed by atoms with van der Waals surface area (Å²) in [5.74, 6) is 0.951. The highest BCUT2D eigenvalue weighted by Gasteiger charge is 2.29. The summed E-state index contributed by atoms with van der Waals surface area (Å²) in [4.78, 5) is 25.8. The molecule has 7 nitrogen and oxygen atoms in total. The standard InChI is InChI=1S/C25H33N3O2.CH2O2/c1-5-30-20-6-7-21-23(15-25(29)26-24(21)14-20)22-13-17(2)12-19(18(22)3)16-28-10-8-27(4)9-11-28;2-1-3/h6-7,12-14,23H,5,8-11,15-16H2,1-4H3,(H,26,29);1H,(H,2,3). The topological polar surface area (TPSA) is 82.1 Å². The molecule has 1 fully saturated rings. The summed E-state index contributed by atoms with van der Waals surface area (Å²) < 4.78 is 5.64. The number of hydrogen-bond donors (Lipinski definition) is 2. The van der Waals surface area contributed by atoms with Crippen LogP contribution in [0.3, 0.4) is 0 Å². The molecule has 178 valence electrons. The van der Waals surface area contributed by atoms with Crippen molar-refractivity contribution in [3.63, 3.8) is 0 Å². The predicted octanol–water partition coefficient (Wildman–Crippen LogP) is 3.62. The average molecular weight is 454 g/mol. The maximum absolute atomic E-state index is 12.5. The third-order valence-electron chi connectivity index (χ3n) is 6.44. The number of amides is 1. The van der Waals surface area contributed by atoms with E-state index in [0.29, 0.717) is 13.0 Å². The van der Waals surface area contributed by atoms with Crippen LogP contribution in [0.25, 0.3) is 0 Å². The molecule has 0 bridgehead atoms. The fourth-order valence-electron chi connectivity index (χ4n) is 4.71. The smallest absolute Gasteiger partial charge is 0.290 e. The lowest BCUT2D eigenvalue weighted by atomic mass is 9.81. The fourth-order valence-corrected chi connectivity index (χ4v) is 4.71. The molecule has 4 rings (SSSR count). The van der Waals surface area contributed by atoms with Crippen molar-refractivity contribution in [2.75, 3.05) is 45.2 Å². The van der Waals surface area contributed by atoms with Gasteiger partial charge in [0.25, 0.3) is 6.47 Å². The van der Waals surface area contributed by atoms with E-state index in [1.54, 1.807) is 0 Å². The van der Waals surface area contributed by atoms with E-state index in [1.165, 1.54) is 27.8 Å². The second kappa shape index (κ2) is 11.3. The van der Waals surface area contributed by atoms with Crippen molar-refractivity contribution in [3.05, 3.63) is 58.1 Å². The van der Waals surface area contributed by atoms with Gasteiger partial charge in [0.1, 0.15) is 5.75 Å². The van der Waals surface area contributed by atoms with E-state index in [2.05, 4.69) is 54.2 Å². The van der Waals surface area contributed by atoms with E-state index in [-0.39, 0.29) is 18.3 Å². The Hall–Kier alpha value is -2.90. The maximum Gasteiger partial charge on any atom is 0.290 e. The summed E-state index contributed by atoms with van der Waals surface area (Å²) in [6.45, 7) is 12.2. The summed E-state index contributed by atoms with van der Waals surface area (Å²) in [6, 6.07) is 10.7. The van der Waals surface area contributed by atoms with Crippen molar-refractivity contribution < 1.29 is 19.4 Å². The summed E-state index contributed by atoms with van der Waals surface area (Å²) in [7, 11) is 2.19. The molecule has 0 aromatic heterocycles. The van der Waals surface area contributed by atoms with Gasteiger partial charge in [-0.15, -0.1) is 0 Å². The first-order chi connectivity index (χ1) is 15.9. The normalized spacial score (nSPS) is 18.5. The van der Waals surface area contributed by atoms with E-state index >= 15 is 0 Å². The van der Waals surface area contributed by atoms with Gasteiger partial charge < -0.3 is 20.1 Å². The first kappa shape index (κ1) is 24.7. The number of rotatable bonds is 5. The van der Waals surface area contributed by atoms with Crippen LogP contribution in [0.5, 0.6) is 5.75 Å². The molecule has 2 aliphatic rings. The van der Waals surface area contributed by atoms with Crippen LogP contribution >= 0.6 is 0 Å². The van der Waals surface area contributed by atoms with Gasteiger partial charge in [0, 0.05) is 56.8 Å². The van der Waals surface area contributed by atoms with Gasteiger partial charge in [-0.25, -0.2) is 0 Å². The molecule has 2 aromatic carbocycles. The van der Waals surface area contributed by atoms with Gasteiger partial charge in [-0.05, 0) is 56.1 Å². The molecule has 0 radical (unpaired) electrons. The molecular formula is C26H35N3O4. The molecule has 2 heterocycles. The Morgan fingerprint density at radius 1 is 1.12 bits per heavy atom. The van der Waals surface area contributed by atoms with Crippen LogP contribution < -0.4 is 10.1 Å². The second-order valence-corrected chi connectivity index (χ2v) is 8.81. The summed E-state index contributed by atoms with van der Waals surface area (Å²) in [6.07, 6.45) is 0.485. The molecule has 33 heavy (non-hydrogen) atoms. The van der Waals surface area contributed by atoms with Crippen molar-refractivity contribution in [2.45, 2.75) is 39.7 Å². The maximum atomic E-state index is 12.5. The number of nitrogens with one attached hydrogen (secondary N) is 1. The number of fused-ring (bicyclic) bond motifs is 1. The number of carbonyl (C=O) groups excluding carboxylic acids is 1. The molecule has 7 heteroatoms. The van der Waals surface area contributed by atoms with Gasteiger partial charge >= 0.3 is 0 Å². The van der Waals surface area contributed by atoms with Crippen LogP contribution in [0.2, 0.25) is 0 Å². The summed E-state index contributed by atoms with van der Waals surface area (Å²) in [5.41, 5.74) is 7.30. The first-order valence-electron chi connectivity index (χ1n) is 11.5. The molecule has 0 saturated carbocycles. The van der Waals surface area contributed by atoms with Crippen LogP contribution in [0.15, 0.2) is 30.3 Å². The van der Waals surface area contributed by atoms with E-state index in [4.69, 9.17) is 14.6 Å². The lowest BCUT2D eigenvalue weighted by molar-refractivity contribution is -0.123. The number of carbonyl (C=O) groups is 2. The number of carboxylic acid groups (broad SMARTS) is 1. The van der Waals surface area contributed by atoms with Crippen molar-refractivity contribution in [3.8, 4) is 5.75 Å². The lowest BCUT2D eigenvalue weighted by Gasteiger charge is -2.33. The van der Waals surface area contributed by atoms with Gasteiger partial charge in [0.15, 0.2) is 0 Å². The lowest BCUT2D eigenvalue weighted by Crippen LogP contribution is -2.44. The molecule has 0 spiro atoms. The van der Waals surface area contributed by atoms with Gasteiger partial charge in [-0.2, -0.15) is 0 Å². The van der Waals surface area contributed by atoms with Gasteiger partial charge in [-0.1, -0.05) is 23.8 Å². The van der Waals surface area contributed by atoms with E-state index in [9.17, 15) is 4.79 Å². The Morgan fingerprint density at radius 3 is 2.48 bits per heavy atom. The Labute approximate surface area is 196 Å². The highest BCUT2D eigenvalue weighted by molar-refractivity contribution is 5.95. The zero-order chi connectivity index (χ0) is 24.0. The molecule has 1 saturated heterocycles. The molecule has 2 aliphatic heterocycles. The minimum Gasteiger partial charge on any atom is -0.494 e. The van der Waals surface area contributed by atoms with Crippen LogP contribution in [0.1, 0.15) is 47.1 Å². The second-order valence-electron chi connectivity index (χ2n) is 8.81. The van der Waals surface area contributed by atoms with Crippen LogP contribution in [-0.4, -0.2) is 67.1 Å². The van der Waals surface area contributed by atoms with Crippen molar-refractivity contribution in [1.29, 1.82) is 0 Å². The number of nitrogens with zero attached hydrogens (tertiary/aromatic N) is 2. The minimum absolute atomic E-state index is 0.0719. The predicted molar refractivity (Wildman–Crippen MR) is 130 cm³/mol. The number of piperazine rings is 1. The van der Waals surface area contributed by atoms with Crippen LogP contribution in [0.4, 0.5) is 5.69 Å². The average Bonchev–Trinajstić information content (AvgIpc) is 2.77. The highest BCUT2D eigenvalue weighted by atomic mass is 16.5. The molecule has 2 aromatic rings. The molecule has 1 amide bonds. The largest absolute Gasteiger partial charge is 0.494 e. The van der Waals surface area contributed by atoms with Crippen molar-refractivity contribution >= 4 is 18.1 Å². The number of hydrogen-bond acceptors (Lipinski definition) is 5. The van der Waals surface area contributed by atoms with E-state index in [0.717, 1.165) is 44.2 Å². The fraction of sp³-hybridized carbons (Fsp3) is 0.462. The van der Waals surface area contributed by atoms with E-state index < -0.39 is 0 Å². The zero-order valence-electron chi connectivity index (χ0n) is 20.1. The first-order valence-corrected chi connectivity index (χ1v) is 11.5. The summed E-state index contributed by atoms with van der Waals surface area (Å²) >= 11 is 0. The molecule has 1 unspecified atom stereocenters. The summed E-state index contributed by atoms with van der Waals surface area (Å²) in [5, 5.41) is 9.93. The van der Waals surface area contributed by atoms with Crippen molar-refractivity contribution in [2.24, 2.45) is 0 Å². The Kier molecular flexibility index (Phi) is 8.47. The monoisotopic (exact) mass is 453 g/mol. The molecule has 2 N–H and O–H groups in total.